The van der Waals surface area contributed by atoms with Crippen LogP contribution in [0.5, 0.6) is 0 Å². The fraction of sp³-hybridized carbons (Fsp3) is 1.00. The average Bonchev–Trinajstić information content (AvgIpc) is 2.33. The first kappa shape index (κ1) is 11.3. The summed E-state index contributed by atoms with van der Waals surface area (Å²) in [5.74, 6) is 0. The van der Waals surface area contributed by atoms with Gasteiger partial charge in [0, 0.05) is 31.7 Å². The van der Waals surface area contributed by atoms with Crippen LogP contribution in [-0.2, 0) is 4.74 Å². The minimum absolute atomic E-state index is 0.509. The standard InChI is InChI=1S/C11H23N3O/c12-9-11(10-3-1-2-4-13-10)14-5-7-15-8-6-14/h10-11,13H,1-9,12H2. The SMILES string of the molecule is NCC(C1CCCCN1)N1CCOCC1. The molecule has 2 atom stereocenters. The van der Waals surface area contributed by atoms with Gasteiger partial charge in [0.2, 0.25) is 0 Å². The number of nitrogens with zero attached hydrogens (tertiary/aromatic N) is 1. The summed E-state index contributed by atoms with van der Waals surface area (Å²) in [7, 11) is 0. The van der Waals surface area contributed by atoms with Crippen molar-refractivity contribution in [2.45, 2.75) is 31.3 Å². The van der Waals surface area contributed by atoms with Crippen LogP contribution in [0.3, 0.4) is 0 Å². The van der Waals surface area contributed by atoms with Crippen LogP contribution in [0, 0.1) is 0 Å². The molecule has 0 bridgehead atoms. The molecule has 4 nitrogen and oxygen atoms in total. The number of hydrogen-bond donors (Lipinski definition) is 2. The predicted molar refractivity (Wildman–Crippen MR) is 60.9 cm³/mol. The molecule has 2 rings (SSSR count). The Balaban J connectivity index is 1.88. The van der Waals surface area contributed by atoms with Gasteiger partial charge in [-0.3, -0.25) is 4.90 Å². The van der Waals surface area contributed by atoms with E-state index in [9.17, 15) is 0 Å². The summed E-state index contributed by atoms with van der Waals surface area (Å²) >= 11 is 0. The van der Waals surface area contributed by atoms with Gasteiger partial charge in [0.1, 0.15) is 0 Å². The van der Waals surface area contributed by atoms with Crippen LogP contribution in [0.25, 0.3) is 0 Å². The molecule has 0 saturated carbocycles. The molecular weight excluding hydrogens is 190 g/mol. The van der Waals surface area contributed by atoms with E-state index in [4.69, 9.17) is 10.5 Å². The van der Waals surface area contributed by atoms with Gasteiger partial charge in [-0.25, -0.2) is 0 Å². The third-order valence-corrected chi connectivity index (χ3v) is 3.57. The first-order chi connectivity index (χ1) is 7.42. The molecule has 2 heterocycles. The Bertz CT molecular complexity index is 159. The zero-order valence-electron chi connectivity index (χ0n) is 9.45. The number of ether oxygens (including phenoxy) is 1. The van der Waals surface area contributed by atoms with Crippen molar-refractivity contribution in [2.24, 2.45) is 5.73 Å². The summed E-state index contributed by atoms with van der Waals surface area (Å²) in [5.41, 5.74) is 5.91. The second kappa shape index (κ2) is 5.80. The average molecular weight is 213 g/mol. The van der Waals surface area contributed by atoms with Crippen molar-refractivity contribution in [3.05, 3.63) is 0 Å². The van der Waals surface area contributed by atoms with Crippen molar-refractivity contribution < 1.29 is 4.74 Å². The number of nitrogens with two attached hydrogens (primary N) is 1. The predicted octanol–water partition coefficient (Wildman–Crippen LogP) is -0.212. The van der Waals surface area contributed by atoms with Crippen molar-refractivity contribution in [3.63, 3.8) is 0 Å². The summed E-state index contributed by atoms with van der Waals surface area (Å²) < 4.78 is 5.38. The van der Waals surface area contributed by atoms with Crippen molar-refractivity contribution in [2.75, 3.05) is 39.4 Å². The van der Waals surface area contributed by atoms with Gasteiger partial charge in [0.15, 0.2) is 0 Å². The molecule has 0 aliphatic carbocycles. The summed E-state index contributed by atoms with van der Waals surface area (Å²) in [6.45, 7) is 5.73. The second-order valence-corrected chi connectivity index (χ2v) is 4.51. The Hall–Kier alpha value is -0.160. The molecule has 0 radical (unpaired) electrons. The normalized spacial score (nSPS) is 31.4. The molecule has 0 aromatic heterocycles. The largest absolute Gasteiger partial charge is 0.379 e. The van der Waals surface area contributed by atoms with Gasteiger partial charge < -0.3 is 15.8 Å². The van der Waals surface area contributed by atoms with E-state index < -0.39 is 0 Å². The Labute approximate surface area is 92.1 Å². The molecule has 0 amide bonds. The summed E-state index contributed by atoms with van der Waals surface area (Å²) in [4.78, 5) is 2.49. The Kier molecular flexibility index (Phi) is 4.38. The molecule has 2 saturated heterocycles. The van der Waals surface area contributed by atoms with Crippen molar-refractivity contribution in [1.29, 1.82) is 0 Å². The van der Waals surface area contributed by atoms with E-state index in [1.54, 1.807) is 0 Å². The molecule has 15 heavy (non-hydrogen) atoms. The maximum atomic E-state index is 5.91. The van der Waals surface area contributed by atoms with Crippen molar-refractivity contribution in [3.8, 4) is 0 Å². The van der Waals surface area contributed by atoms with Gasteiger partial charge in [-0.05, 0) is 19.4 Å². The van der Waals surface area contributed by atoms with Gasteiger partial charge in [0.05, 0.1) is 13.2 Å². The molecule has 2 aliphatic rings. The molecular formula is C11H23N3O. The van der Waals surface area contributed by atoms with Crippen LogP contribution in [0.1, 0.15) is 19.3 Å². The fourth-order valence-corrected chi connectivity index (χ4v) is 2.68. The lowest BCUT2D eigenvalue weighted by molar-refractivity contribution is 0.00774. The Morgan fingerprint density at radius 2 is 2.13 bits per heavy atom. The highest BCUT2D eigenvalue weighted by Gasteiger charge is 2.28. The number of nitrogens with one attached hydrogen (secondary N) is 1. The maximum absolute atomic E-state index is 5.91. The number of piperidine rings is 1. The fourth-order valence-electron chi connectivity index (χ4n) is 2.68. The zero-order chi connectivity index (χ0) is 10.5. The molecule has 88 valence electrons. The van der Waals surface area contributed by atoms with Gasteiger partial charge in [-0.15, -0.1) is 0 Å². The molecule has 4 heteroatoms. The molecule has 0 spiro atoms. The molecule has 3 N–H and O–H groups in total. The molecule has 0 aromatic rings. The Morgan fingerprint density at radius 1 is 1.33 bits per heavy atom. The first-order valence-electron chi connectivity index (χ1n) is 6.17. The van der Waals surface area contributed by atoms with E-state index in [0.717, 1.165) is 39.4 Å². The second-order valence-electron chi connectivity index (χ2n) is 4.51. The van der Waals surface area contributed by atoms with E-state index in [1.165, 1.54) is 19.3 Å². The van der Waals surface area contributed by atoms with E-state index in [2.05, 4.69) is 10.2 Å². The van der Waals surface area contributed by atoms with Crippen LogP contribution >= 0.6 is 0 Å². The minimum atomic E-state index is 0.509. The summed E-state index contributed by atoms with van der Waals surface area (Å²) in [6, 6.07) is 1.11. The van der Waals surface area contributed by atoms with Crippen LogP contribution in [-0.4, -0.2) is 56.4 Å². The molecule has 2 aliphatic heterocycles. The van der Waals surface area contributed by atoms with Crippen LogP contribution in [0.4, 0.5) is 0 Å². The van der Waals surface area contributed by atoms with E-state index >= 15 is 0 Å². The van der Waals surface area contributed by atoms with Crippen molar-refractivity contribution in [1.82, 2.24) is 10.2 Å². The summed E-state index contributed by atoms with van der Waals surface area (Å²) in [5, 5.41) is 3.60. The quantitative estimate of drug-likeness (QED) is 0.681. The smallest absolute Gasteiger partial charge is 0.0594 e. The number of morpholine rings is 1. The van der Waals surface area contributed by atoms with Gasteiger partial charge in [-0.1, -0.05) is 6.42 Å². The lowest BCUT2D eigenvalue weighted by Crippen LogP contribution is -2.57. The van der Waals surface area contributed by atoms with Gasteiger partial charge >= 0.3 is 0 Å². The van der Waals surface area contributed by atoms with Gasteiger partial charge in [-0.2, -0.15) is 0 Å². The summed E-state index contributed by atoms with van der Waals surface area (Å²) in [6.07, 6.45) is 3.94. The van der Waals surface area contributed by atoms with E-state index in [0.29, 0.717) is 12.1 Å². The third-order valence-electron chi connectivity index (χ3n) is 3.57. The van der Waals surface area contributed by atoms with Gasteiger partial charge in [0.25, 0.3) is 0 Å². The topological polar surface area (TPSA) is 50.5 Å². The van der Waals surface area contributed by atoms with Crippen LogP contribution < -0.4 is 11.1 Å². The lowest BCUT2D eigenvalue weighted by atomic mass is 9.96. The molecule has 2 fully saturated rings. The zero-order valence-corrected chi connectivity index (χ0v) is 9.45. The third kappa shape index (κ3) is 2.91. The minimum Gasteiger partial charge on any atom is -0.379 e. The highest BCUT2D eigenvalue weighted by atomic mass is 16.5. The highest BCUT2D eigenvalue weighted by molar-refractivity contribution is 4.88. The lowest BCUT2D eigenvalue weighted by Gasteiger charge is -2.40. The Morgan fingerprint density at radius 3 is 2.73 bits per heavy atom. The number of rotatable bonds is 3. The maximum Gasteiger partial charge on any atom is 0.0594 e. The van der Waals surface area contributed by atoms with Crippen LogP contribution in [0.2, 0.25) is 0 Å². The molecule has 2 unspecified atom stereocenters. The van der Waals surface area contributed by atoms with Crippen LogP contribution in [0.15, 0.2) is 0 Å². The number of hydrogen-bond acceptors (Lipinski definition) is 4. The first-order valence-corrected chi connectivity index (χ1v) is 6.17. The van der Waals surface area contributed by atoms with Crippen molar-refractivity contribution >= 4 is 0 Å². The monoisotopic (exact) mass is 213 g/mol. The van der Waals surface area contributed by atoms with E-state index in [1.807, 2.05) is 0 Å². The molecule has 0 aromatic carbocycles. The van der Waals surface area contributed by atoms with E-state index in [-0.39, 0.29) is 0 Å². The highest BCUT2D eigenvalue weighted by Crippen LogP contribution is 2.15.